The van der Waals surface area contributed by atoms with Crippen molar-refractivity contribution in [3.63, 3.8) is 0 Å². The molecule has 2 unspecified atom stereocenters. The van der Waals surface area contributed by atoms with Crippen LogP contribution in [0.25, 0.3) is 15.9 Å². The Morgan fingerprint density at radius 1 is 1.31 bits per heavy atom. The second-order valence-electron chi connectivity index (χ2n) is 9.06. The minimum Gasteiger partial charge on any atom is -0.262 e. The molecule has 2 atom stereocenters. The smallest absolute Gasteiger partial charge is 0.176 e. The largest absolute Gasteiger partial charge is 0.262 e. The van der Waals surface area contributed by atoms with Crippen molar-refractivity contribution < 1.29 is 0 Å². The average Bonchev–Trinajstić information content (AvgIpc) is 3.41. The second-order valence-corrected chi connectivity index (χ2v) is 10.1. The zero-order valence-corrected chi connectivity index (χ0v) is 18.6. The maximum absolute atomic E-state index is 4.95. The summed E-state index contributed by atoms with van der Waals surface area (Å²) >= 11 is 1.85. The molecule has 4 heterocycles. The predicted molar refractivity (Wildman–Crippen MR) is 117 cm³/mol. The van der Waals surface area contributed by atoms with E-state index in [1.165, 1.54) is 28.7 Å². The van der Waals surface area contributed by atoms with Crippen molar-refractivity contribution in [1.29, 1.82) is 0 Å². The molecule has 0 aromatic carbocycles. The third-order valence-corrected chi connectivity index (χ3v) is 8.09. The van der Waals surface area contributed by atoms with Crippen LogP contribution < -0.4 is 0 Å². The number of hydrogen-bond acceptors (Lipinski definition) is 5. The van der Waals surface area contributed by atoms with E-state index in [0.29, 0.717) is 5.41 Å². The van der Waals surface area contributed by atoms with Gasteiger partial charge in [-0.3, -0.25) is 4.68 Å². The number of nitrogens with zero attached hydrogens (tertiary/aromatic N) is 6. The third kappa shape index (κ3) is 2.98. The van der Waals surface area contributed by atoms with Crippen molar-refractivity contribution in [2.75, 3.05) is 0 Å². The van der Waals surface area contributed by atoms with Crippen LogP contribution in [0.1, 0.15) is 68.5 Å². The Balaban J connectivity index is 1.58. The van der Waals surface area contributed by atoms with Crippen molar-refractivity contribution >= 4 is 27.2 Å². The molecule has 4 aromatic heterocycles. The Hall–Kier alpha value is -2.28. The van der Waals surface area contributed by atoms with Gasteiger partial charge < -0.3 is 0 Å². The molecular formula is C22H28N6S. The molecule has 1 aliphatic rings. The molecule has 0 spiro atoms. The molecule has 152 valence electrons. The van der Waals surface area contributed by atoms with Gasteiger partial charge in [0.15, 0.2) is 11.5 Å². The SMILES string of the molecule is CCC(C)(C)C1CCc2c(sc3ncn4nc(C(C)n5ccc(C)n5)nc4c23)C1. The highest BCUT2D eigenvalue weighted by atomic mass is 32.1. The first-order valence-corrected chi connectivity index (χ1v) is 11.4. The van der Waals surface area contributed by atoms with Crippen molar-refractivity contribution in [3.8, 4) is 0 Å². The van der Waals surface area contributed by atoms with Gasteiger partial charge in [-0.15, -0.1) is 16.4 Å². The summed E-state index contributed by atoms with van der Waals surface area (Å²) in [5, 5.41) is 10.5. The summed E-state index contributed by atoms with van der Waals surface area (Å²) < 4.78 is 3.77. The van der Waals surface area contributed by atoms with Gasteiger partial charge in [-0.25, -0.2) is 14.5 Å². The van der Waals surface area contributed by atoms with Gasteiger partial charge in [0, 0.05) is 11.1 Å². The van der Waals surface area contributed by atoms with Gasteiger partial charge >= 0.3 is 0 Å². The number of fused-ring (bicyclic) bond motifs is 5. The molecule has 7 heteroatoms. The molecule has 1 aliphatic carbocycles. The standard InChI is InChI=1S/C22H28N6S/c1-6-22(4,5)15-7-8-16-17(11-15)29-21-18(16)20-24-19(26-28(20)12-23-21)14(3)27-10-9-13(2)25-27/h9-10,12,14-15H,6-8,11H2,1-5H3. The summed E-state index contributed by atoms with van der Waals surface area (Å²) in [7, 11) is 0. The van der Waals surface area contributed by atoms with Crippen LogP contribution in [0.15, 0.2) is 18.6 Å². The van der Waals surface area contributed by atoms with E-state index < -0.39 is 0 Å². The van der Waals surface area contributed by atoms with Crippen molar-refractivity contribution in [2.45, 2.75) is 66.3 Å². The van der Waals surface area contributed by atoms with Gasteiger partial charge in [-0.1, -0.05) is 27.2 Å². The maximum Gasteiger partial charge on any atom is 0.176 e. The summed E-state index contributed by atoms with van der Waals surface area (Å²) in [5.74, 6) is 1.52. The first kappa shape index (κ1) is 18.7. The lowest BCUT2D eigenvalue weighted by Gasteiger charge is -2.36. The van der Waals surface area contributed by atoms with Gasteiger partial charge in [-0.2, -0.15) is 5.10 Å². The molecule has 0 saturated carbocycles. The highest BCUT2D eigenvalue weighted by Gasteiger charge is 2.33. The molecule has 0 amide bonds. The van der Waals surface area contributed by atoms with Crippen LogP contribution in [0.2, 0.25) is 0 Å². The van der Waals surface area contributed by atoms with Crippen molar-refractivity contribution in [3.05, 3.63) is 40.5 Å². The minimum absolute atomic E-state index is 0.0113. The van der Waals surface area contributed by atoms with Crippen LogP contribution in [0.4, 0.5) is 0 Å². The van der Waals surface area contributed by atoms with Gasteiger partial charge in [0.05, 0.1) is 11.1 Å². The Labute approximate surface area is 175 Å². The summed E-state index contributed by atoms with van der Waals surface area (Å²) in [6.45, 7) is 11.2. The Morgan fingerprint density at radius 2 is 2.14 bits per heavy atom. The van der Waals surface area contributed by atoms with E-state index in [2.05, 4.69) is 32.8 Å². The fourth-order valence-electron chi connectivity index (χ4n) is 4.49. The lowest BCUT2D eigenvalue weighted by molar-refractivity contribution is 0.184. The highest BCUT2D eigenvalue weighted by molar-refractivity contribution is 7.19. The Morgan fingerprint density at radius 3 is 2.86 bits per heavy atom. The molecule has 0 radical (unpaired) electrons. The zero-order chi connectivity index (χ0) is 20.3. The van der Waals surface area contributed by atoms with E-state index in [9.17, 15) is 0 Å². The fraction of sp³-hybridized carbons (Fsp3) is 0.545. The summed E-state index contributed by atoms with van der Waals surface area (Å²) in [4.78, 5) is 12.3. The topological polar surface area (TPSA) is 60.9 Å². The van der Waals surface area contributed by atoms with Crippen molar-refractivity contribution in [1.82, 2.24) is 29.4 Å². The molecule has 4 aromatic rings. The maximum atomic E-state index is 4.95. The Bertz CT molecular complexity index is 1200. The molecule has 6 nitrogen and oxygen atoms in total. The van der Waals surface area contributed by atoms with E-state index in [-0.39, 0.29) is 6.04 Å². The molecular weight excluding hydrogens is 380 g/mol. The predicted octanol–water partition coefficient (Wildman–Crippen LogP) is 4.99. The van der Waals surface area contributed by atoms with E-state index in [1.54, 1.807) is 0 Å². The van der Waals surface area contributed by atoms with Gasteiger partial charge in [0.25, 0.3) is 0 Å². The van der Waals surface area contributed by atoms with Gasteiger partial charge in [-0.05, 0) is 56.1 Å². The molecule has 0 fully saturated rings. The summed E-state index contributed by atoms with van der Waals surface area (Å²) in [5.41, 5.74) is 3.77. The first-order chi connectivity index (χ1) is 13.9. The lowest BCUT2D eigenvalue weighted by atomic mass is 9.70. The van der Waals surface area contributed by atoms with Crippen LogP contribution >= 0.6 is 11.3 Å². The van der Waals surface area contributed by atoms with Crippen LogP contribution in [0, 0.1) is 18.3 Å². The summed E-state index contributed by atoms with van der Waals surface area (Å²) in [6.07, 6.45) is 8.53. The molecule has 29 heavy (non-hydrogen) atoms. The van der Waals surface area contributed by atoms with Crippen molar-refractivity contribution in [2.24, 2.45) is 11.3 Å². The highest BCUT2D eigenvalue weighted by Crippen LogP contribution is 2.44. The molecule has 0 N–H and O–H groups in total. The normalized spacial score (nSPS) is 18.4. The second kappa shape index (κ2) is 6.62. The minimum atomic E-state index is -0.0113. The van der Waals surface area contributed by atoms with Crippen LogP contribution in [-0.2, 0) is 12.8 Å². The van der Waals surface area contributed by atoms with Gasteiger partial charge in [0.2, 0.25) is 0 Å². The third-order valence-electron chi connectivity index (χ3n) is 6.93. The molecule has 0 bridgehead atoms. The molecule has 5 rings (SSSR count). The van der Waals surface area contributed by atoms with Crippen LogP contribution in [0.3, 0.4) is 0 Å². The number of aromatic nitrogens is 6. The quantitative estimate of drug-likeness (QED) is 0.477. The molecule has 0 saturated heterocycles. The average molecular weight is 409 g/mol. The molecule has 0 aliphatic heterocycles. The first-order valence-electron chi connectivity index (χ1n) is 10.5. The van der Waals surface area contributed by atoms with Gasteiger partial charge in [0.1, 0.15) is 17.2 Å². The lowest BCUT2D eigenvalue weighted by Crippen LogP contribution is -2.28. The van der Waals surface area contributed by atoms with E-state index in [0.717, 1.165) is 40.8 Å². The van der Waals surface area contributed by atoms with E-state index in [1.807, 2.05) is 46.0 Å². The number of thiophene rings is 1. The van der Waals surface area contributed by atoms with E-state index in [4.69, 9.17) is 15.1 Å². The monoisotopic (exact) mass is 408 g/mol. The number of aryl methyl sites for hydroxylation is 2. The van der Waals surface area contributed by atoms with Crippen LogP contribution in [0.5, 0.6) is 0 Å². The van der Waals surface area contributed by atoms with E-state index >= 15 is 0 Å². The zero-order valence-electron chi connectivity index (χ0n) is 17.8. The number of hydrogen-bond donors (Lipinski definition) is 0. The fourth-order valence-corrected chi connectivity index (χ4v) is 5.75. The number of rotatable bonds is 4. The summed E-state index contributed by atoms with van der Waals surface area (Å²) in [6, 6.07) is 2.00. The van der Waals surface area contributed by atoms with Crippen LogP contribution in [-0.4, -0.2) is 29.4 Å². The Kier molecular flexibility index (Phi) is 4.28.